The molecule has 2 rings (SSSR count). The number of carbonyl (C=O) groups is 1. The fourth-order valence-electron chi connectivity index (χ4n) is 1.55. The Morgan fingerprint density at radius 3 is 2.72 bits per heavy atom. The monoisotopic (exact) mass is 326 g/mol. The van der Waals surface area contributed by atoms with Gasteiger partial charge in [-0.3, -0.25) is 9.36 Å². The molecule has 0 aliphatic rings. The number of aliphatic carboxylic acids is 1. The fourth-order valence-corrected chi connectivity index (χ4v) is 2.57. The number of imidazole rings is 1. The molecule has 0 spiro atoms. The van der Waals surface area contributed by atoms with Crippen molar-refractivity contribution in [3.05, 3.63) is 40.6 Å². The summed E-state index contributed by atoms with van der Waals surface area (Å²) >= 11 is 4.60. The summed E-state index contributed by atoms with van der Waals surface area (Å²) in [5.74, 6) is -0.838. The van der Waals surface area contributed by atoms with Crippen molar-refractivity contribution in [2.24, 2.45) is 0 Å². The Balaban J connectivity index is 2.34. The van der Waals surface area contributed by atoms with Crippen molar-refractivity contribution in [1.29, 1.82) is 0 Å². The van der Waals surface area contributed by atoms with Gasteiger partial charge >= 0.3 is 5.97 Å². The van der Waals surface area contributed by atoms with Crippen molar-refractivity contribution in [3.8, 4) is 5.69 Å². The predicted octanol–water partition coefficient (Wildman–Crippen LogP) is 3.12. The lowest BCUT2D eigenvalue weighted by Gasteiger charge is -2.09. The summed E-state index contributed by atoms with van der Waals surface area (Å²) in [6, 6.07) is 7.81. The summed E-state index contributed by atoms with van der Waals surface area (Å²) in [4.78, 5) is 14.8. The molecule has 6 heteroatoms. The van der Waals surface area contributed by atoms with Gasteiger partial charge in [0.1, 0.15) is 0 Å². The van der Waals surface area contributed by atoms with Crippen LogP contribution in [-0.2, 0) is 4.79 Å². The van der Waals surface area contributed by atoms with Crippen molar-refractivity contribution in [1.82, 2.24) is 9.55 Å². The van der Waals surface area contributed by atoms with Gasteiger partial charge in [-0.1, -0.05) is 27.7 Å². The number of aromatic nitrogens is 2. The first-order valence-corrected chi connectivity index (χ1v) is 7.00. The van der Waals surface area contributed by atoms with Gasteiger partial charge in [0, 0.05) is 22.1 Å². The molecule has 0 fully saturated rings. The van der Waals surface area contributed by atoms with E-state index >= 15 is 0 Å². The van der Waals surface area contributed by atoms with E-state index in [1.807, 2.05) is 35.8 Å². The molecule has 0 saturated heterocycles. The quantitative estimate of drug-likeness (QED) is 0.877. The Morgan fingerprint density at radius 1 is 1.44 bits per heavy atom. The van der Waals surface area contributed by atoms with Gasteiger partial charge in [0.25, 0.3) is 0 Å². The first-order chi connectivity index (χ1) is 8.58. The van der Waals surface area contributed by atoms with Gasteiger partial charge in [0.15, 0.2) is 5.16 Å². The van der Waals surface area contributed by atoms with Crippen molar-refractivity contribution < 1.29 is 9.90 Å². The van der Waals surface area contributed by atoms with E-state index in [9.17, 15) is 4.79 Å². The normalized spacial score (nSPS) is 10.6. The summed E-state index contributed by atoms with van der Waals surface area (Å²) in [5, 5.41) is 9.41. The zero-order valence-electron chi connectivity index (χ0n) is 9.63. The van der Waals surface area contributed by atoms with E-state index in [2.05, 4.69) is 20.9 Å². The van der Waals surface area contributed by atoms with Crippen molar-refractivity contribution in [3.63, 3.8) is 0 Å². The SMILES string of the molecule is Cc1cnc(SCC(=O)O)n1-c1ccc(Br)cc1. The molecule has 1 N–H and O–H groups in total. The molecule has 1 aromatic carbocycles. The summed E-state index contributed by atoms with van der Waals surface area (Å²) in [6.45, 7) is 1.94. The highest BCUT2D eigenvalue weighted by Crippen LogP contribution is 2.24. The largest absolute Gasteiger partial charge is 0.481 e. The first-order valence-electron chi connectivity index (χ1n) is 5.23. The average molecular weight is 327 g/mol. The molecule has 2 aromatic rings. The van der Waals surface area contributed by atoms with Crippen LogP contribution < -0.4 is 0 Å². The van der Waals surface area contributed by atoms with Crippen LogP contribution in [-0.4, -0.2) is 26.4 Å². The molecule has 4 nitrogen and oxygen atoms in total. The summed E-state index contributed by atoms with van der Waals surface area (Å²) in [6.07, 6.45) is 1.74. The molecule has 1 heterocycles. The fraction of sp³-hybridized carbons (Fsp3) is 0.167. The lowest BCUT2D eigenvalue weighted by Crippen LogP contribution is -2.02. The number of hydrogen-bond donors (Lipinski definition) is 1. The van der Waals surface area contributed by atoms with Gasteiger partial charge in [0.2, 0.25) is 0 Å². The molecular weight excluding hydrogens is 316 g/mol. The van der Waals surface area contributed by atoms with Gasteiger partial charge in [0.05, 0.1) is 5.75 Å². The molecule has 18 heavy (non-hydrogen) atoms. The Morgan fingerprint density at radius 2 is 2.11 bits per heavy atom. The average Bonchev–Trinajstić information content (AvgIpc) is 2.69. The maximum Gasteiger partial charge on any atom is 0.313 e. The minimum absolute atomic E-state index is 0.00693. The molecule has 0 amide bonds. The second-order valence-electron chi connectivity index (χ2n) is 3.68. The van der Waals surface area contributed by atoms with Crippen molar-refractivity contribution in [2.45, 2.75) is 12.1 Å². The second kappa shape index (κ2) is 5.58. The molecule has 0 atom stereocenters. The Kier molecular flexibility index (Phi) is 4.08. The number of halogens is 1. The van der Waals surface area contributed by atoms with Crippen LogP contribution >= 0.6 is 27.7 Å². The summed E-state index contributed by atoms with van der Waals surface area (Å²) in [5.41, 5.74) is 1.95. The van der Waals surface area contributed by atoms with E-state index < -0.39 is 5.97 Å². The Bertz CT molecular complexity index is 566. The molecule has 1 aromatic heterocycles. The number of rotatable bonds is 4. The van der Waals surface area contributed by atoms with Crippen molar-refractivity contribution in [2.75, 3.05) is 5.75 Å². The van der Waals surface area contributed by atoms with E-state index in [0.29, 0.717) is 5.16 Å². The van der Waals surface area contributed by atoms with E-state index in [-0.39, 0.29) is 5.75 Å². The minimum Gasteiger partial charge on any atom is -0.481 e. The smallest absolute Gasteiger partial charge is 0.313 e. The van der Waals surface area contributed by atoms with Gasteiger partial charge in [-0.25, -0.2) is 4.98 Å². The first kappa shape index (κ1) is 13.2. The molecule has 0 aliphatic carbocycles. The lowest BCUT2D eigenvalue weighted by molar-refractivity contribution is -0.133. The highest BCUT2D eigenvalue weighted by molar-refractivity contribution is 9.10. The third-order valence-corrected chi connectivity index (χ3v) is 3.78. The van der Waals surface area contributed by atoms with Gasteiger partial charge in [-0.15, -0.1) is 0 Å². The number of carboxylic acid groups (broad SMARTS) is 1. The van der Waals surface area contributed by atoms with Crippen LogP contribution in [0.2, 0.25) is 0 Å². The maximum absolute atomic E-state index is 10.6. The number of benzene rings is 1. The van der Waals surface area contributed by atoms with E-state index in [1.54, 1.807) is 6.20 Å². The van der Waals surface area contributed by atoms with E-state index in [4.69, 9.17) is 5.11 Å². The molecule has 0 saturated carbocycles. The highest BCUT2D eigenvalue weighted by atomic mass is 79.9. The summed E-state index contributed by atoms with van der Waals surface area (Å²) in [7, 11) is 0. The number of thioether (sulfide) groups is 1. The van der Waals surface area contributed by atoms with Crippen LogP contribution in [0.4, 0.5) is 0 Å². The van der Waals surface area contributed by atoms with Crippen LogP contribution in [0.15, 0.2) is 40.1 Å². The zero-order valence-corrected chi connectivity index (χ0v) is 12.0. The number of carboxylic acids is 1. The van der Waals surface area contributed by atoms with Gasteiger partial charge < -0.3 is 5.11 Å². The van der Waals surface area contributed by atoms with Crippen LogP contribution in [0.1, 0.15) is 5.69 Å². The molecule has 0 aliphatic heterocycles. The minimum atomic E-state index is -0.844. The molecule has 0 unspecified atom stereocenters. The standard InChI is InChI=1S/C12H11BrN2O2S/c1-8-6-14-12(18-7-11(16)17)15(8)10-4-2-9(13)3-5-10/h2-6H,7H2,1H3,(H,16,17). The topological polar surface area (TPSA) is 55.1 Å². The molecule has 94 valence electrons. The predicted molar refractivity (Wildman–Crippen MR) is 74.4 cm³/mol. The Labute approximate surface area is 117 Å². The molecule has 0 radical (unpaired) electrons. The second-order valence-corrected chi connectivity index (χ2v) is 5.53. The number of hydrogen-bond acceptors (Lipinski definition) is 3. The van der Waals surface area contributed by atoms with Crippen LogP contribution in [0, 0.1) is 6.92 Å². The van der Waals surface area contributed by atoms with Gasteiger partial charge in [-0.2, -0.15) is 0 Å². The van der Waals surface area contributed by atoms with Crippen molar-refractivity contribution >= 4 is 33.7 Å². The number of nitrogens with zero attached hydrogens (tertiary/aromatic N) is 2. The van der Waals surface area contributed by atoms with E-state index in [0.717, 1.165) is 15.9 Å². The van der Waals surface area contributed by atoms with Gasteiger partial charge in [-0.05, 0) is 31.2 Å². The van der Waals surface area contributed by atoms with Crippen LogP contribution in [0.3, 0.4) is 0 Å². The highest BCUT2D eigenvalue weighted by Gasteiger charge is 2.11. The Hall–Kier alpha value is -1.27. The summed E-state index contributed by atoms with van der Waals surface area (Å²) < 4.78 is 2.95. The zero-order chi connectivity index (χ0) is 13.1. The van der Waals surface area contributed by atoms with E-state index in [1.165, 1.54) is 11.8 Å². The van der Waals surface area contributed by atoms with Crippen LogP contribution in [0.25, 0.3) is 5.69 Å². The molecular formula is C12H11BrN2O2S. The maximum atomic E-state index is 10.6. The van der Waals surface area contributed by atoms with Crippen LogP contribution in [0.5, 0.6) is 0 Å². The molecule has 0 bridgehead atoms. The number of aryl methyl sites for hydroxylation is 1. The lowest BCUT2D eigenvalue weighted by atomic mass is 10.3. The third-order valence-electron chi connectivity index (χ3n) is 2.32. The third kappa shape index (κ3) is 2.94.